The zero-order valence-electron chi connectivity index (χ0n) is 11.5. The number of ether oxygens (including phenoxy) is 1. The fourth-order valence-corrected chi connectivity index (χ4v) is 2.33. The van der Waals surface area contributed by atoms with Gasteiger partial charge in [-0.15, -0.1) is 0 Å². The molecule has 0 aromatic heterocycles. The SMILES string of the molecule is O=C(NCc1ccc(Cl)cc1)NC1OC(=O)c2ccccc21. The minimum Gasteiger partial charge on any atom is -0.434 e. The summed E-state index contributed by atoms with van der Waals surface area (Å²) in [6.07, 6.45) is -0.756. The number of hydrogen-bond donors (Lipinski definition) is 2. The molecule has 1 atom stereocenters. The maximum Gasteiger partial charge on any atom is 0.340 e. The molecule has 2 N–H and O–H groups in total. The van der Waals surface area contributed by atoms with Gasteiger partial charge in [-0.3, -0.25) is 5.32 Å². The lowest BCUT2D eigenvalue weighted by atomic mass is 10.1. The van der Waals surface area contributed by atoms with Crippen LogP contribution in [0, 0.1) is 0 Å². The first-order chi connectivity index (χ1) is 10.6. The number of cyclic esters (lactones) is 1. The van der Waals surface area contributed by atoms with Crippen LogP contribution >= 0.6 is 11.6 Å². The fourth-order valence-electron chi connectivity index (χ4n) is 2.21. The largest absolute Gasteiger partial charge is 0.434 e. The molecule has 22 heavy (non-hydrogen) atoms. The second-order valence-electron chi connectivity index (χ2n) is 4.83. The third kappa shape index (κ3) is 3.04. The average molecular weight is 317 g/mol. The van der Waals surface area contributed by atoms with Crippen LogP contribution in [0.5, 0.6) is 0 Å². The van der Waals surface area contributed by atoms with Crippen molar-refractivity contribution in [3.05, 3.63) is 70.2 Å². The molecule has 0 saturated heterocycles. The average Bonchev–Trinajstić information content (AvgIpc) is 2.83. The molecule has 0 saturated carbocycles. The van der Waals surface area contributed by atoms with Gasteiger partial charge in [-0.2, -0.15) is 0 Å². The number of benzene rings is 2. The molecule has 0 bridgehead atoms. The first-order valence-corrected chi connectivity index (χ1v) is 7.10. The molecule has 1 aliphatic heterocycles. The van der Waals surface area contributed by atoms with Crippen molar-refractivity contribution in [1.29, 1.82) is 0 Å². The van der Waals surface area contributed by atoms with Crippen LogP contribution in [-0.2, 0) is 11.3 Å². The van der Waals surface area contributed by atoms with E-state index in [-0.39, 0.29) is 0 Å². The van der Waals surface area contributed by atoms with E-state index >= 15 is 0 Å². The van der Waals surface area contributed by atoms with Crippen LogP contribution in [0.3, 0.4) is 0 Å². The molecule has 2 amide bonds. The zero-order chi connectivity index (χ0) is 15.5. The summed E-state index contributed by atoms with van der Waals surface area (Å²) in [5.41, 5.74) is 2.06. The molecule has 1 heterocycles. The Morgan fingerprint density at radius 2 is 1.86 bits per heavy atom. The smallest absolute Gasteiger partial charge is 0.340 e. The Morgan fingerprint density at radius 3 is 2.64 bits per heavy atom. The van der Waals surface area contributed by atoms with E-state index in [0.29, 0.717) is 22.7 Å². The van der Waals surface area contributed by atoms with E-state index in [1.54, 1.807) is 36.4 Å². The molecule has 1 aliphatic rings. The standard InChI is InChI=1S/C16H13ClN2O3/c17-11-7-5-10(6-8-11)9-18-16(21)19-14-12-3-1-2-4-13(12)15(20)22-14/h1-8,14H,9H2,(H2,18,19,21). The summed E-state index contributed by atoms with van der Waals surface area (Å²) in [6, 6.07) is 13.7. The molecule has 0 aliphatic carbocycles. The number of carbonyl (C=O) groups is 2. The predicted octanol–water partition coefficient (Wildman–Crippen LogP) is 3.01. The Bertz CT molecular complexity index is 716. The third-order valence-electron chi connectivity index (χ3n) is 3.32. The molecule has 112 valence electrons. The van der Waals surface area contributed by atoms with Gasteiger partial charge in [-0.25, -0.2) is 9.59 Å². The van der Waals surface area contributed by atoms with Crippen LogP contribution in [0.4, 0.5) is 4.79 Å². The summed E-state index contributed by atoms with van der Waals surface area (Å²) >= 11 is 5.80. The van der Waals surface area contributed by atoms with Gasteiger partial charge < -0.3 is 10.1 Å². The molecule has 2 aromatic rings. The lowest BCUT2D eigenvalue weighted by Crippen LogP contribution is -2.37. The molecular formula is C16H13ClN2O3. The number of fused-ring (bicyclic) bond motifs is 1. The Labute approximate surface area is 132 Å². The van der Waals surface area contributed by atoms with Crippen molar-refractivity contribution in [2.45, 2.75) is 12.8 Å². The number of rotatable bonds is 3. The normalized spacial score (nSPS) is 15.9. The van der Waals surface area contributed by atoms with Crippen LogP contribution in [0.15, 0.2) is 48.5 Å². The van der Waals surface area contributed by atoms with Gasteiger partial charge in [0.2, 0.25) is 6.23 Å². The number of amides is 2. The van der Waals surface area contributed by atoms with Gasteiger partial charge >= 0.3 is 12.0 Å². The Balaban J connectivity index is 1.59. The number of esters is 1. The number of urea groups is 1. The number of carbonyl (C=O) groups excluding carboxylic acids is 2. The van der Waals surface area contributed by atoms with E-state index < -0.39 is 18.2 Å². The second kappa shape index (κ2) is 6.07. The molecule has 2 aromatic carbocycles. The van der Waals surface area contributed by atoms with Gasteiger partial charge in [-0.05, 0) is 23.8 Å². The van der Waals surface area contributed by atoms with Crippen molar-refractivity contribution >= 4 is 23.6 Å². The molecule has 6 heteroatoms. The van der Waals surface area contributed by atoms with Crippen molar-refractivity contribution < 1.29 is 14.3 Å². The van der Waals surface area contributed by atoms with Gasteiger partial charge in [-0.1, -0.05) is 41.9 Å². The van der Waals surface area contributed by atoms with E-state index in [2.05, 4.69) is 10.6 Å². The Morgan fingerprint density at radius 1 is 1.14 bits per heavy atom. The van der Waals surface area contributed by atoms with Crippen LogP contribution in [0.1, 0.15) is 27.7 Å². The highest BCUT2D eigenvalue weighted by Gasteiger charge is 2.31. The van der Waals surface area contributed by atoms with Gasteiger partial charge in [0.05, 0.1) is 5.56 Å². The van der Waals surface area contributed by atoms with E-state index in [9.17, 15) is 9.59 Å². The quantitative estimate of drug-likeness (QED) is 0.855. The maximum absolute atomic E-state index is 11.9. The molecule has 3 rings (SSSR count). The van der Waals surface area contributed by atoms with Crippen LogP contribution in [0.25, 0.3) is 0 Å². The van der Waals surface area contributed by atoms with Crippen molar-refractivity contribution in [2.75, 3.05) is 0 Å². The Kier molecular flexibility index (Phi) is 3.98. The summed E-state index contributed by atoms with van der Waals surface area (Å²) in [5.74, 6) is -0.432. The van der Waals surface area contributed by atoms with Crippen molar-refractivity contribution in [1.82, 2.24) is 10.6 Å². The van der Waals surface area contributed by atoms with Crippen molar-refractivity contribution in [3.63, 3.8) is 0 Å². The van der Waals surface area contributed by atoms with Crippen molar-refractivity contribution in [3.8, 4) is 0 Å². The zero-order valence-corrected chi connectivity index (χ0v) is 12.3. The van der Waals surface area contributed by atoms with Crippen LogP contribution < -0.4 is 10.6 Å². The second-order valence-corrected chi connectivity index (χ2v) is 5.26. The fraction of sp³-hybridized carbons (Fsp3) is 0.125. The molecule has 1 unspecified atom stereocenters. The van der Waals surface area contributed by atoms with E-state index in [4.69, 9.17) is 16.3 Å². The summed E-state index contributed by atoms with van der Waals surface area (Å²) in [4.78, 5) is 23.6. The highest BCUT2D eigenvalue weighted by Crippen LogP contribution is 2.27. The van der Waals surface area contributed by atoms with Gasteiger partial charge in [0.1, 0.15) is 0 Å². The molecule has 0 fully saturated rings. The minimum atomic E-state index is -0.756. The molecule has 5 nitrogen and oxygen atoms in total. The first-order valence-electron chi connectivity index (χ1n) is 6.72. The summed E-state index contributed by atoms with van der Waals surface area (Å²) < 4.78 is 5.14. The van der Waals surface area contributed by atoms with Crippen molar-refractivity contribution in [2.24, 2.45) is 0 Å². The van der Waals surface area contributed by atoms with E-state index in [1.807, 2.05) is 12.1 Å². The van der Waals surface area contributed by atoms with Crippen LogP contribution in [-0.4, -0.2) is 12.0 Å². The first kappa shape index (κ1) is 14.4. The third-order valence-corrected chi connectivity index (χ3v) is 3.57. The van der Waals surface area contributed by atoms with Crippen LogP contribution in [0.2, 0.25) is 5.02 Å². The molecular weight excluding hydrogens is 304 g/mol. The van der Waals surface area contributed by atoms with E-state index in [1.165, 1.54) is 0 Å². The van der Waals surface area contributed by atoms with Gasteiger partial charge in [0.15, 0.2) is 0 Å². The molecule has 0 spiro atoms. The highest BCUT2D eigenvalue weighted by atomic mass is 35.5. The van der Waals surface area contributed by atoms with E-state index in [0.717, 1.165) is 5.56 Å². The lowest BCUT2D eigenvalue weighted by molar-refractivity contribution is 0.0337. The number of nitrogens with one attached hydrogen (secondary N) is 2. The summed E-state index contributed by atoms with van der Waals surface area (Å²) in [5, 5.41) is 5.98. The summed E-state index contributed by atoms with van der Waals surface area (Å²) in [7, 11) is 0. The maximum atomic E-state index is 11.9. The lowest BCUT2D eigenvalue weighted by Gasteiger charge is -2.13. The highest BCUT2D eigenvalue weighted by molar-refractivity contribution is 6.30. The monoisotopic (exact) mass is 316 g/mol. The Hall–Kier alpha value is -2.53. The molecule has 0 radical (unpaired) electrons. The summed E-state index contributed by atoms with van der Waals surface area (Å²) in [6.45, 7) is 0.352. The minimum absolute atomic E-state index is 0.352. The van der Waals surface area contributed by atoms with Gasteiger partial charge in [0, 0.05) is 17.1 Å². The predicted molar refractivity (Wildman–Crippen MR) is 81.4 cm³/mol. The number of halogens is 1. The van der Waals surface area contributed by atoms with Gasteiger partial charge in [0.25, 0.3) is 0 Å². The topological polar surface area (TPSA) is 67.4 Å². The number of hydrogen-bond acceptors (Lipinski definition) is 3.